The van der Waals surface area contributed by atoms with Gasteiger partial charge >= 0.3 is 0 Å². The van der Waals surface area contributed by atoms with E-state index in [2.05, 4.69) is 65.6 Å². The Hall–Kier alpha value is -1.80. The molecule has 1 unspecified atom stereocenters. The molecule has 0 aromatic heterocycles. The van der Waals surface area contributed by atoms with Crippen LogP contribution in [0.5, 0.6) is 0 Å². The third-order valence-electron chi connectivity index (χ3n) is 3.57. The number of anilines is 1. The SMILES string of the molecule is c1ccc(CC2CN(c3ccccc3)CCO2)cc1. The summed E-state index contributed by atoms with van der Waals surface area (Å²) in [6, 6.07) is 21.2. The third-order valence-corrected chi connectivity index (χ3v) is 3.57. The van der Waals surface area contributed by atoms with E-state index in [0.29, 0.717) is 0 Å². The summed E-state index contributed by atoms with van der Waals surface area (Å²) in [4.78, 5) is 2.41. The minimum Gasteiger partial charge on any atom is -0.374 e. The van der Waals surface area contributed by atoms with Gasteiger partial charge in [0.2, 0.25) is 0 Å². The highest BCUT2D eigenvalue weighted by Crippen LogP contribution is 2.18. The molecule has 1 heterocycles. The van der Waals surface area contributed by atoms with Crippen LogP contribution >= 0.6 is 0 Å². The predicted octanol–water partition coefficient (Wildman–Crippen LogP) is 3.13. The van der Waals surface area contributed by atoms with Crippen molar-refractivity contribution in [2.45, 2.75) is 12.5 Å². The zero-order chi connectivity index (χ0) is 12.9. The van der Waals surface area contributed by atoms with Gasteiger partial charge in [0, 0.05) is 25.2 Å². The quantitative estimate of drug-likeness (QED) is 0.833. The first kappa shape index (κ1) is 12.2. The summed E-state index contributed by atoms with van der Waals surface area (Å²) >= 11 is 0. The number of ether oxygens (including phenoxy) is 1. The summed E-state index contributed by atoms with van der Waals surface area (Å²) in [5.74, 6) is 0. The van der Waals surface area contributed by atoms with Crippen LogP contribution in [0.25, 0.3) is 0 Å². The zero-order valence-corrected chi connectivity index (χ0v) is 11.0. The van der Waals surface area contributed by atoms with Crippen molar-refractivity contribution in [2.24, 2.45) is 0 Å². The first-order valence-corrected chi connectivity index (χ1v) is 6.87. The van der Waals surface area contributed by atoms with Gasteiger partial charge in [0.05, 0.1) is 12.7 Å². The molecule has 98 valence electrons. The average Bonchev–Trinajstić information content (AvgIpc) is 2.49. The van der Waals surface area contributed by atoms with Crippen molar-refractivity contribution in [1.82, 2.24) is 0 Å². The smallest absolute Gasteiger partial charge is 0.0791 e. The summed E-state index contributed by atoms with van der Waals surface area (Å²) in [6.07, 6.45) is 1.28. The lowest BCUT2D eigenvalue weighted by Gasteiger charge is -2.34. The Balaban J connectivity index is 1.65. The van der Waals surface area contributed by atoms with Crippen LogP contribution in [0.2, 0.25) is 0 Å². The Bertz CT molecular complexity index is 497. The Kier molecular flexibility index (Phi) is 3.80. The molecule has 19 heavy (non-hydrogen) atoms. The zero-order valence-electron chi connectivity index (χ0n) is 11.0. The van der Waals surface area contributed by atoms with Crippen molar-refractivity contribution in [3.05, 3.63) is 66.2 Å². The predicted molar refractivity (Wildman–Crippen MR) is 78.5 cm³/mol. The molecule has 0 spiro atoms. The Labute approximate surface area is 114 Å². The van der Waals surface area contributed by atoms with Crippen LogP contribution in [0.3, 0.4) is 0 Å². The summed E-state index contributed by atoms with van der Waals surface area (Å²) < 4.78 is 5.89. The molecular weight excluding hydrogens is 234 g/mol. The Morgan fingerprint density at radius 3 is 2.37 bits per heavy atom. The number of para-hydroxylation sites is 1. The largest absolute Gasteiger partial charge is 0.374 e. The Morgan fingerprint density at radius 1 is 0.947 bits per heavy atom. The number of hydrogen-bond donors (Lipinski definition) is 0. The molecule has 3 rings (SSSR count). The lowest BCUT2D eigenvalue weighted by atomic mass is 10.1. The number of hydrogen-bond acceptors (Lipinski definition) is 2. The highest BCUT2D eigenvalue weighted by atomic mass is 16.5. The molecule has 0 saturated carbocycles. The Morgan fingerprint density at radius 2 is 1.63 bits per heavy atom. The monoisotopic (exact) mass is 253 g/mol. The van der Waals surface area contributed by atoms with Crippen LogP contribution in [0, 0.1) is 0 Å². The van der Waals surface area contributed by atoms with E-state index in [9.17, 15) is 0 Å². The van der Waals surface area contributed by atoms with E-state index in [-0.39, 0.29) is 6.10 Å². The topological polar surface area (TPSA) is 12.5 Å². The van der Waals surface area contributed by atoms with Gasteiger partial charge in [-0.3, -0.25) is 0 Å². The van der Waals surface area contributed by atoms with E-state index in [0.717, 1.165) is 26.1 Å². The van der Waals surface area contributed by atoms with Crippen LogP contribution in [0.1, 0.15) is 5.56 Å². The van der Waals surface area contributed by atoms with Crippen molar-refractivity contribution < 1.29 is 4.74 Å². The van der Waals surface area contributed by atoms with Crippen molar-refractivity contribution in [3.63, 3.8) is 0 Å². The van der Waals surface area contributed by atoms with E-state index in [4.69, 9.17) is 4.74 Å². The second-order valence-corrected chi connectivity index (χ2v) is 4.96. The lowest BCUT2D eigenvalue weighted by molar-refractivity contribution is 0.0411. The summed E-state index contributed by atoms with van der Waals surface area (Å²) in [6.45, 7) is 2.76. The molecule has 2 aromatic rings. The van der Waals surface area contributed by atoms with Gasteiger partial charge in [0.1, 0.15) is 0 Å². The molecule has 0 N–H and O–H groups in total. The number of benzene rings is 2. The van der Waals surface area contributed by atoms with Gasteiger partial charge in [-0.25, -0.2) is 0 Å². The van der Waals surface area contributed by atoms with E-state index in [1.54, 1.807) is 0 Å². The maximum absolute atomic E-state index is 5.89. The standard InChI is InChI=1S/C17H19NO/c1-3-7-15(8-4-1)13-17-14-18(11-12-19-17)16-9-5-2-6-10-16/h1-10,17H,11-14H2. The molecule has 0 bridgehead atoms. The van der Waals surface area contributed by atoms with Gasteiger partial charge in [-0.2, -0.15) is 0 Å². The van der Waals surface area contributed by atoms with Crippen molar-refractivity contribution in [2.75, 3.05) is 24.6 Å². The molecule has 2 heteroatoms. The van der Waals surface area contributed by atoms with Gasteiger partial charge in [0.15, 0.2) is 0 Å². The van der Waals surface area contributed by atoms with E-state index in [1.165, 1.54) is 11.3 Å². The van der Waals surface area contributed by atoms with Crippen molar-refractivity contribution >= 4 is 5.69 Å². The normalized spacial score (nSPS) is 19.4. The molecule has 1 saturated heterocycles. The van der Waals surface area contributed by atoms with Crippen LogP contribution in [0.15, 0.2) is 60.7 Å². The fourth-order valence-corrected chi connectivity index (χ4v) is 2.59. The highest BCUT2D eigenvalue weighted by Gasteiger charge is 2.20. The molecule has 0 aliphatic carbocycles. The fourth-order valence-electron chi connectivity index (χ4n) is 2.59. The van der Waals surface area contributed by atoms with E-state index < -0.39 is 0 Å². The van der Waals surface area contributed by atoms with E-state index >= 15 is 0 Å². The number of morpholine rings is 1. The molecule has 1 aliphatic rings. The summed E-state index contributed by atoms with van der Waals surface area (Å²) in [5, 5.41) is 0. The molecule has 2 nitrogen and oxygen atoms in total. The molecule has 1 aliphatic heterocycles. The maximum atomic E-state index is 5.89. The van der Waals surface area contributed by atoms with Crippen LogP contribution in [-0.4, -0.2) is 25.8 Å². The van der Waals surface area contributed by atoms with Crippen molar-refractivity contribution in [3.8, 4) is 0 Å². The maximum Gasteiger partial charge on any atom is 0.0791 e. The molecule has 0 amide bonds. The van der Waals surface area contributed by atoms with Crippen molar-refractivity contribution in [1.29, 1.82) is 0 Å². The van der Waals surface area contributed by atoms with Crippen LogP contribution < -0.4 is 4.90 Å². The van der Waals surface area contributed by atoms with Gasteiger partial charge in [0.25, 0.3) is 0 Å². The van der Waals surface area contributed by atoms with Crippen LogP contribution in [-0.2, 0) is 11.2 Å². The van der Waals surface area contributed by atoms with Gasteiger partial charge < -0.3 is 9.64 Å². The van der Waals surface area contributed by atoms with Gasteiger partial charge in [-0.1, -0.05) is 48.5 Å². The van der Waals surface area contributed by atoms with Gasteiger partial charge in [-0.05, 0) is 17.7 Å². The number of rotatable bonds is 3. The fraction of sp³-hybridized carbons (Fsp3) is 0.294. The second-order valence-electron chi connectivity index (χ2n) is 4.96. The third kappa shape index (κ3) is 3.15. The summed E-state index contributed by atoms with van der Waals surface area (Å²) in [5.41, 5.74) is 2.64. The van der Waals surface area contributed by atoms with E-state index in [1.807, 2.05) is 0 Å². The molecule has 0 radical (unpaired) electrons. The molecule has 1 atom stereocenters. The first-order valence-electron chi connectivity index (χ1n) is 6.87. The molecule has 2 aromatic carbocycles. The summed E-state index contributed by atoms with van der Waals surface area (Å²) in [7, 11) is 0. The lowest BCUT2D eigenvalue weighted by Crippen LogP contribution is -2.43. The second kappa shape index (κ2) is 5.89. The highest BCUT2D eigenvalue weighted by molar-refractivity contribution is 5.46. The first-order chi connectivity index (χ1) is 9.42. The van der Waals surface area contributed by atoms with Gasteiger partial charge in [-0.15, -0.1) is 0 Å². The minimum absolute atomic E-state index is 0.288. The number of nitrogens with zero attached hydrogens (tertiary/aromatic N) is 1. The average molecular weight is 253 g/mol. The molecular formula is C17H19NO. The molecule has 1 fully saturated rings. The minimum atomic E-state index is 0.288. The van der Waals surface area contributed by atoms with Crippen LogP contribution in [0.4, 0.5) is 5.69 Å².